The van der Waals surface area contributed by atoms with Crippen molar-refractivity contribution >= 4 is 34.5 Å². The molecule has 0 fully saturated rings. The van der Waals surface area contributed by atoms with Crippen molar-refractivity contribution in [3.63, 3.8) is 0 Å². The lowest BCUT2D eigenvalue weighted by molar-refractivity contribution is -0.319. The summed E-state index contributed by atoms with van der Waals surface area (Å²) in [6, 6.07) is 0. The lowest BCUT2D eigenvalue weighted by atomic mass is 10.5. The third-order valence-electron chi connectivity index (χ3n) is 1.25. The molecular formula is C6F9IO4. The first kappa shape index (κ1) is 19.0. The van der Waals surface area contributed by atoms with Crippen molar-refractivity contribution in [1.29, 1.82) is 0 Å². The maximum atomic E-state index is 12.3. The summed E-state index contributed by atoms with van der Waals surface area (Å²) in [6.45, 7) is 0. The lowest BCUT2D eigenvalue weighted by Gasteiger charge is -2.29. The second-order valence-corrected chi connectivity index (χ2v) is 4.23. The van der Waals surface area contributed by atoms with Gasteiger partial charge in [0.05, 0.1) is 0 Å². The smallest absolute Gasteiger partial charge is 0.399 e. The topological polar surface area (TPSA) is 52.6 Å². The Morgan fingerprint density at radius 1 is 0.700 bits per heavy atom. The molecule has 0 bridgehead atoms. The fourth-order valence-corrected chi connectivity index (χ4v) is 0.891. The molecule has 0 rings (SSSR count). The van der Waals surface area contributed by atoms with Gasteiger partial charge in [0.2, 0.25) is 0 Å². The Morgan fingerprint density at radius 3 is 1.10 bits per heavy atom. The van der Waals surface area contributed by atoms with Crippen molar-refractivity contribution in [2.45, 2.75) is 22.3 Å². The molecule has 0 radical (unpaired) electrons. The SMILES string of the molecule is O=C(OC(I)(OC(=O)C(F)(F)F)C(F)(F)F)C(F)(F)F. The van der Waals surface area contributed by atoms with Gasteiger partial charge in [-0.05, 0) is 0 Å². The first-order valence-electron chi connectivity index (χ1n) is 3.86. The number of hydrogen-bond acceptors (Lipinski definition) is 4. The first-order valence-corrected chi connectivity index (χ1v) is 4.94. The van der Waals surface area contributed by atoms with E-state index in [4.69, 9.17) is 0 Å². The molecule has 20 heavy (non-hydrogen) atoms. The monoisotopic (exact) mass is 434 g/mol. The summed E-state index contributed by atoms with van der Waals surface area (Å²) in [5.74, 6) is -6.97. The van der Waals surface area contributed by atoms with Crippen LogP contribution >= 0.6 is 22.6 Å². The third kappa shape index (κ3) is 4.86. The van der Waals surface area contributed by atoms with Crippen LogP contribution < -0.4 is 0 Å². The molecular weight excluding hydrogens is 434 g/mol. The molecule has 0 amide bonds. The Hall–Kier alpha value is -0.960. The summed E-state index contributed by atoms with van der Waals surface area (Å²) in [4.78, 5) is 20.5. The predicted molar refractivity (Wildman–Crippen MR) is 47.1 cm³/mol. The zero-order chi connectivity index (χ0) is 16.6. The fraction of sp³-hybridized carbons (Fsp3) is 0.667. The van der Waals surface area contributed by atoms with Crippen LogP contribution in [-0.4, -0.2) is 34.3 Å². The van der Waals surface area contributed by atoms with E-state index in [9.17, 15) is 49.1 Å². The number of rotatable bonds is 2. The van der Waals surface area contributed by atoms with Crippen molar-refractivity contribution in [2.24, 2.45) is 0 Å². The average Bonchev–Trinajstić information content (AvgIpc) is 2.12. The van der Waals surface area contributed by atoms with Gasteiger partial charge in [-0.1, -0.05) is 0 Å². The van der Waals surface area contributed by atoms with E-state index in [1.54, 1.807) is 0 Å². The maximum absolute atomic E-state index is 12.3. The number of alkyl halides is 10. The van der Waals surface area contributed by atoms with Crippen LogP contribution in [0.15, 0.2) is 0 Å². The van der Waals surface area contributed by atoms with Crippen LogP contribution in [0.1, 0.15) is 0 Å². The van der Waals surface area contributed by atoms with Crippen LogP contribution in [-0.2, 0) is 19.1 Å². The zero-order valence-electron chi connectivity index (χ0n) is 8.41. The van der Waals surface area contributed by atoms with Crippen LogP contribution in [0.3, 0.4) is 0 Å². The predicted octanol–water partition coefficient (Wildman–Crippen LogP) is 2.85. The van der Waals surface area contributed by atoms with Gasteiger partial charge in [0, 0.05) is 22.6 Å². The molecule has 0 unspecified atom stereocenters. The molecule has 0 spiro atoms. The van der Waals surface area contributed by atoms with Crippen molar-refractivity contribution in [2.75, 3.05) is 0 Å². The number of carbonyl (C=O) groups is 2. The van der Waals surface area contributed by atoms with Crippen molar-refractivity contribution in [3.8, 4) is 0 Å². The minimum Gasteiger partial charge on any atom is -0.399 e. The molecule has 118 valence electrons. The van der Waals surface area contributed by atoms with Crippen molar-refractivity contribution in [3.05, 3.63) is 0 Å². The van der Waals surface area contributed by atoms with Crippen molar-refractivity contribution in [1.82, 2.24) is 0 Å². The summed E-state index contributed by atoms with van der Waals surface area (Å²) in [6.07, 6.45) is -17.9. The molecule has 14 heteroatoms. The molecule has 0 saturated heterocycles. The van der Waals surface area contributed by atoms with E-state index >= 15 is 0 Å². The molecule has 0 aromatic rings. The van der Waals surface area contributed by atoms with Gasteiger partial charge in [0.1, 0.15) is 0 Å². The molecule has 0 N–H and O–H groups in total. The minimum absolute atomic E-state index is 0.219. The molecule has 0 heterocycles. The second-order valence-electron chi connectivity index (χ2n) is 2.81. The molecule has 0 atom stereocenters. The van der Waals surface area contributed by atoms with E-state index < -0.39 is 34.3 Å². The lowest BCUT2D eigenvalue weighted by Crippen LogP contribution is -2.51. The van der Waals surface area contributed by atoms with Crippen LogP contribution in [0.5, 0.6) is 0 Å². The minimum atomic E-state index is -6.05. The Labute approximate surface area is 116 Å². The summed E-state index contributed by atoms with van der Waals surface area (Å²) < 4.78 is 108. The van der Waals surface area contributed by atoms with E-state index in [1.807, 2.05) is 0 Å². The highest BCUT2D eigenvalue weighted by Crippen LogP contribution is 2.43. The largest absolute Gasteiger partial charge is 0.491 e. The van der Waals surface area contributed by atoms with Gasteiger partial charge in [-0.2, -0.15) is 39.5 Å². The summed E-state index contributed by atoms with van der Waals surface area (Å²) >= 11 is -0.219. The fourth-order valence-electron chi connectivity index (χ4n) is 0.491. The maximum Gasteiger partial charge on any atom is 0.491 e. The van der Waals surface area contributed by atoms with Gasteiger partial charge in [-0.25, -0.2) is 9.59 Å². The summed E-state index contributed by atoms with van der Waals surface area (Å²) in [5, 5.41) is 0. The van der Waals surface area contributed by atoms with Crippen LogP contribution in [0, 0.1) is 0 Å². The van der Waals surface area contributed by atoms with Gasteiger partial charge in [0.25, 0.3) is 0 Å². The standard InChI is InChI=1S/C6F9IO4/c7-3(8,9)1(17)19-6(16,5(13,14)15)20-2(18)4(10,11)12. The molecule has 0 saturated carbocycles. The third-order valence-corrected chi connectivity index (χ3v) is 2.30. The molecule has 0 aromatic carbocycles. The normalized spacial score (nSPS) is 13.9. The number of ether oxygens (including phenoxy) is 2. The summed E-state index contributed by atoms with van der Waals surface area (Å²) in [5.41, 5.74) is 0. The molecule has 0 aliphatic heterocycles. The Kier molecular flexibility index (Phi) is 5.18. The molecule has 0 aliphatic rings. The Bertz CT molecular complexity index is 367. The van der Waals surface area contributed by atoms with Crippen LogP contribution in [0.25, 0.3) is 0 Å². The highest BCUT2D eigenvalue weighted by atomic mass is 127. The molecule has 0 aromatic heterocycles. The zero-order valence-corrected chi connectivity index (χ0v) is 10.6. The van der Waals surface area contributed by atoms with Crippen LogP contribution in [0.2, 0.25) is 0 Å². The van der Waals surface area contributed by atoms with E-state index in [0.717, 1.165) is 0 Å². The van der Waals surface area contributed by atoms with Gasteiger partial charge in [-0.3, -0.25) is 0 Å². The Morgan fingerprint density at radius 2 is 0.950 bits per heavy atom. The number of esters is 2. The van der Waals surface area contributed by atoms with E-state index in [1.165, 1.54) is 0 Å². The van der Waals surface area contributed by atoms with E-state index in [0.29, 0.717) is 0 Å². The van der Waals surface area contributed by atoms with Gasteiger partial charge in [-0.15, -0.1) is 0 Å². The number of carbonyl (C=O) groups excluding carboxylic acids is 2. The molecule has 4 nitrogen and oxygen atoms in total. The van der Waals surface area contributed by atoms with E-state index in [-0.39, 0.29) is 22.6 Å². The first-order chi connectivity index (χ1) is 8.51. The van der Waals surface area contributed by atoms with Crippen LogP contribution in [0.4, 0.5) is 39.5 Å². The van der Waals surface area contributed by atoms with Crippen molar-refractivity contribution < 1.29 is 58.6 Å². The number of hydrogen-bond donors (Lipinski definition) is 0. The van der Waals surface area contributed by atoms with E-state index in [2.05, 4.69) is 9.47 Å². The quantitative estimate of drug-likeness (QED) is 0.221. The summed E-state index contributed by atoms with van der Waals surface area (Å²) in [7, 11) is 0. The Balaban J connectivity index is 5.36. The van der Waals surface area contributed by atoms with Gasteiger partial charge < -0.3 is 9.47 Å². The van der Waals surface area contributed by atoms with Gasteiger partial charge in [0.15, 0.2) is 0 Å². The second kappa shape index (κ2) is 5.44. The average molecular weight is 434 g/mol. The molecule has 0 aliphatic carbocycles. The van der Waals surface area contributed by atoms with Gasteiger partial charge >= 0.3 is 34.3 Å². The number of halogens is 10. The highest BCUT2D eigenvalue weighted by molar-refractivity contribution is 14.1. The highest BCUT2D eigenvalue weighted by Gasteiger charge is 2.65.